The number of esters is 6. The van der Waals surface area contributed by atoms with Crippen LogP contribution < -0.4 is 0 Å². The summed E-state index contributed by atoms with van der Waals surface area (Å²) in [6, 6.07) is 19.5. The molecule has 2 aliphatic rings. The first-order chi connectivity index (χ1) is 47.5. The predicted molar refractivity (Wildman–Crippen MR) is 392 cm³/mol. The SMILES string of the molecule is CC(C)(C)OC(=O)CN1CCN(CC(=O)OC(C)(C)C)CCN(CC(=O)N(CCOCc2ccccc2)CCN(CCOCc2ccccc2)C(=O)CN2CCN(CC(=O)OC(C)(C)C)CCN(CC(=O)OC(C)(C)C)CCN(CC(=O)OC(C)(C)C)CC2)CCN(CC(=O)OC(C)(C)C)CC1. The third-order valence-electron chi connectivity index (χ3n) is 15.8. The van der Waals surface area contributed by atoms with Gasteiger partial charge in [-0.15, -0.1) is 0 Å². The van der Waals surface area contributed by atoms with Gasteiger partial charge in [0.1, 0.15) is 33.6 Å². The Bertz CT molecular complexity index is 2580. The van der Waals surface area contributed by atoms with Gasteiger partial charge in [-0.05, 0) is 136 Å². The van der Waals surface area contributed by atoms with Crippen molar-refractivity contribution in [3.05, 3.63) is 71.8 Å². The van der Waals surface area contributed by atoms with Crippen LogP contribution in [0.4, 0.5) is 0 Å². The number of carbonyl (C=O) groups excluding carboxylic acids is 8. The maximum absolute atomic E-state index is 15.4. The van der Waals surface area contributed by atoms with Crippen molar-refractivity contribution in [2.75, 3.05) is 196 Å². The highest BCUT2D eigenvalue weighted by atomic mass is 16.6. The van der Waals surface area contributed by atoms with Crippen LogP contribution in [0, 0.1) is 0 Å². The zero-order chi connectivity index (χ0) is 75.9. The largest absolute Gasteiger partial charge is 0.459 e. The minimum atomic E-state index is -0.744. The Kier molecular flexibility index (Phi) is 36.9. The summed E-state index contributed by atoms with van der Waals surface area (Å²) in [4.78, 5) is 131. The van der Waals surface area contributed by atoms with Crippen molar-refractivity contribution in [1.82, 2.24) is 49.0 Å². The molecule has 102 heavy (non-hydrogen) atoms. The molecular formula is C76H128N10O16. The molecule has 0 aliphatic carbocycles. The summed E-state index contributed by atoms with van der Waals surface area (Å²) < 4.78 is 47.3. The predicted octanol–water partition coefficient (Wildman–Crippen LogP) is 5.57. The molecule has 2 saturated heterocycles. The minimum Gasteiger partial charge on any atom is -0.459 e. The van der Waals surface area contributed by atoms with Gasteiger partial charge in [0.15, 0.2) is 0 Å². The van der Waals surface area contributed by atoms with E-state index in [0.717, 1.165) is 11.1 Å². The fourth-order valence-electron chi connectivity index (χ4n) is 11.2. The van der Waals surface area contributed by atoms with Crippen LogP contribution in [0.25, 0.3) is 0 Å². The highest BCUT2D eigenvalue weighted by Crippen LogP contribution is 2.16. The lowest BCUT2D eigenvalue weighted by Gasteiger charge is -2.35. The molecule has 2 heterocycles. The Morgan fingerprint density at radius 2 is 0.451 bits per heavy atom. The summed E-state index contributed by atoms with van der Waals surface area (Å²) in [6.45, 7) is 39.5. The van der Waals surface area contributed by atoms with Crippen LogP contribution in [-0.4, -0.2) is 327 Å². The van der Waals surface area contributed by atoms with E-state index in [1.165, 1.54) is 0 Å². The van der Waals surface area contributed by atoms with Gasteiger partial charge in [-0.3, -0.25) is 77.6 Å². The summed E-state index contributed by atoms with van der Waals surface area (Å²) in [5.74, 6) is -2.94. The summed E-state index contributed by atoms with van der Waals surface area (Å²) >= 11 is 0. The van der Waals surface area contributed by atoms with Gasteiger partial charge in [0.05, 0.1) is 78.8 Å². The van der Waals surface area contributed by atoms with Gasteiger partial charge in [0.25, 0.3) is 0 Å². The number of hydrogen-bond donors (Lipinski definition) is 0. The molecule has 2 aliphatic heterocycles. The molecule has 0 bridgehead atoms. The molecule has 2 amide bonds. The van der Waals surface area contributed by atoms with Crippen molar-refractivity contribution in [3.63, 3.8) is 0 Å². The van der Waals surface area contributed by atoms with Crippen molar-refractivity contribution >= 4 is 47.6 Å². The van der Waals surface area contributed by atoms with Crippen LogP contribution in [0.15, 0.2) is 60.7 Å². The van der Waals surface area contributed by atoms with Gasteiger partial charge in [-0.25, -0.2) is 0 Å². The van der Waals surface area contributed by atoms with Gasteiger partial charge < -0.3 is 47.7 Å². The lowest BCUT2D eigenvalue weighted by atomic mass is 10.2. The van der Waals surface area contributed by atoms with Crippen molar-refractivity contribution in [2.24, 2.45) is 0 Å². The lowest BCUT2D eigenvalue weighted by molar-refractivity contribution is -0.158. The summed E-state index contributed by atoms with van der Waals surface area (Å²) in [6.07, 6.45) is 0. The second-order valence-electron chi connectivity index (χ2n) is 32.6. The molecule has 0 saturated carbocycles. The summed E-state index contributed by atoms with van der Waals surface area (Å²) in [7, 11) is 0. The van der Waals surface area contributed by atoms with Crippen LogP contribution in [0.5, 0.6) is 0 Å². The van der Waals surface area contributed by atoms with Crippen molar-refractivity contribution in [1.29, 1.82) is 0 Å². The van der Waals surface area contributed by atoms with Gasteiger partial charge in [-0.2, -0.15) is 0 Å². The van der Waals surface area contributed by atoms with E-state index in [4.69, 9.17) is 37.9 Å². The highest BCUT2D eigenvalue weighted by Gasteiger charge is 2.31. The maximum atomic E-state index is 15.4. The standard InChI is InChI=1S/C76H128N10O16/c1-71(2,3)97-65(89)53-79-33-29-77(30-34-80(54-66(90)98-72(4,5)6)38-42-83(41-37-79)57-69(93)101-75(13,14)15)51-63(87)85(47-49-95-59-61-25-21-19-22-26-61)45-46-86(48-50-96-60-62-27-23-20-24-28-62)64(88)52-78-31-35-81(55-67(91)99-73(7,8)9)39-43-84(58-70(94)102-76(16,17)18)44-40-82(36-32-78)56-68(92)100-74(10,11)12/h19-28H,29-60H2,1-18H3. The molecule has 2 aromatic carbocycles. The Hall–Kier alpha value is -6.20. The first-order valence-corrected chi connectivity index (χ1v) is 36.4. The van der Waals surface area contributed by atoms with Crippen LogP contribution in [-0.2, 0) is 89.5 Å². The van der Waals surface area contributed by atoms with Crippen molar-refractivity contribution in [2.45, 2.75) is 171 Å². The number of amides is 2. The molecule has 578 valence electrons. The van der Waals surface area contributed by atoms with Gasteiger partial charge in [0, 0.05) is 131 Å². The highest BCUT2D eigenvalue weighted by molar-refractivity contribution is 5.80. The fraction of sp³-hybridized carbons (Fsp3) is 0.737. The topological polar surface area (TPSA) is 243 Å². The van der Waals surface area contributed by atoms with E-state index >= 15 is 9.59 Å². The van der Waals surface area contributed by atoms with Gasteiger partial charge in [0.2, 0.25) is 11.8 Å². The average molecular weight is 1440 g/mol. The molecule has 0 N–H and O–H groups in total. The van der Waals surface area contributed by atoms with Crippen LogP contribution >= 0.6 is 0 Å². The normalized spacial score (nSPS) is 17.0. The monoisotopic (exact) mass is 1440 g/mol. The van der Waals surface area contributed by atoms with E-state index < -0.39 is 69.4 Å². The molecule has 0 spiro atoms. The molecule has 4 rings (SSSR count). The van der Waals surface area contributed by atoms with Crippen molar-refractivity contribution in [3.8, 4) is 0 Å². The number of nitrogens with zero attached hydrogens (tertiary/aromatic N) is 10. The number of hydrogen-bond acceptors (Lipinski definition) is 24. The summed E-state index contributed by atoms with van der Waals surface area (Å²) in [5.41, 5.74) is -2.48. The molecule has 26 nitrogen and oxygen atoms in total. The molecular weight excluding hydrogens is 1310 g/mol. The zero-order valence-electron chi connectivity index (χ0n) is 65.4. The molecule has 0 aromatic heterocycles. The molecule has 26 heteroatoms. The number of benzene rings is 2. The average Bonchev–Trinajstić information content (AvgIpc) is 0.875. The summed E-state index contributed by atoms with van der Waals surface area (Å²) in [5, 5.41) is 0. The molecule has 0 unspecified atom stereocenters. The Labute approximate surface area is 610 Å². The first kappa shape index (κ1) is 88.2. The Morgan fingerprint density at radius 1 is 0.275 bits per heavy atom. The fourth-order valence-corrected chi connectivity index (χ4v) is 11.2. The second kappa shape index (κ2) is 42.7. The lowest BCUT2D eigenvalue weighted by Crippen LogP contribution is -2.52. The first-order valence-electron chi connectivity index (χ1n) is 36.4. The van der Waals surface area contributed by atoms with Gasteiger partial charge >= 0.3 is 35.8 Å². The number of rotatable bonds is 29. The van der Waals surface area contributed by atoms with E-state index in [-0.39, 0.29) is 104 Å². The molecule has 0 atom stereocenters. The van der Waals surface area contributed by atoms with E-state index in [1.807, 2.05) is 224 Å². The van der Waals surface area contributed by atoms with E-state index in [2.05, 4.69) is 0 Å². The van der Waals surface area contributed by atoms with Gasteiger partial charge in [-0.1, -0.05) is 60.7 Å². The van der Waals surface area contributed by atoms with E-state index in [9.17, 15) is 28.8 Å². The van der Waals surface area contributed by atoms with Crippen molar-refractivity contribution < 1.29 is 76.3 Å². The molecule has 0 radical (unpaired) electrons. The van der Waals surface area contributed by atoms with Crippen LogP contribution in [0.1, 0.15) is 136 Å². The smallest absolute Gasteiger partial charge is 0.320 e. The molecule has 2 aromatic rings. The van der Waals surface area contributed by atoms with E-state index in [1.54, 1.807) is 9.80 Å². The molecule has 2 fully saturated rings. The maximum Gasteiger partial charge on any atom is 0.320 e. The Morgan fingerprint density at radius 3 is 0.627 bits per heavy atom. The quantitative estimate of drug-likeness (QED) is 0.0549. The second-order valence-corrected chi connectivity index (χ2v) is 32.6. The minimum absolute atomic E-state index is 0.0163. The van der Waals surface area contributed by atoms with E-state index in [0.29, 0.717) is 118 Å². The zero-order valence-corrected chi connectivity index (χ0v) is 65.4. The number of carbonyl (C=O) groups is 8. The number of ether oxygens (including phenoxy) is 8. The van der Waals surface area contributed by atoms with Crippen LogP contribution in [0.2, 0.25) is 0 Å². The Balaban J connectivity index is 1.75. The van der Waals surface area contributed by atoms with Crippen LogP contribution in [0.3, 0.4) is 0 Å². The third kappa shape index (κ3) is 41.9. The third-order valence-corrected chi connectivity index (χ3v) is 15.8.